The molecule has 0 bridgehead atoms. The lowest BCUT2D eigenvalue weighted by Crippen LogP contribution is -2.42. The van der Waals surface area contributed by atoms with E-state index >= 15 is 0 Å². The van der Waals surface area contributed by atoms with Crippen molar-refractivity contribution in [3.63, 3.8) is 0 Å². The van der Waals surface area contributed by atoms with Gasteiger partial charge in [-0.05, 0) is 31.0 Å². The van der Waals surface area contributed by atoms with Crippen LogP contribution in [0.15, 0.2) is 54.6 Å². The van der Waals surface area contributed by atoms with Gasteiger partial charge in [-0.25, -0.2) is 0 Å². The molecular formula is C21H29Cl2N3O. The lowest BCUT2D eigenvalue weighted by molar-refractivity contribution is -0.122. The van der Waals surface area contributed by atoms with Crippen LogP contribution < -0.4 is 15.5 Å². The summed E-state index contributed by atoms with van der Waals surface area (Å²) in [6, 6.07) is 18.5. The van der Waals surface area contributed by atoms with Crippen LogP contribution >= 0.6 is 24.8 Å². The summed E-state index contributed by atoms with van der Waals surface area (Å²) in [5, 5.41) is 0. The highest BCUT2D eigenvalue weighted by atomic mass is 35.5. The number of carbonyl (C=O) groups excluding carboxylic acids is 1. The van der Waals surface area contributed by atoms with E-state index in [1.807, 2.05) is 43.0 Å². The average molecular weight is 410 g/mol. The Morgan fingerprint density at radius 1 is 0.963 bits per heavy atom. The van der Waals surface area contributed by atoms with Gasteiger partial charge in [0.05, 0.1) is 17.3 Å². The number of amides is 1. The van der Waals surface area contributed by atoms with Crippen molar-refractivity contribution in [2.75, 3.05) is 22.9 Å². The molecule has 6 heteroatoms. The number of hydrogen-bond acceptors (Lipinski definition) is 3. The third-order valence-corrected chi connectivity index (χ3v) is 4.98. The molecule has 27 heavy (non-hydrogen) atoms. The van der Waals surface area contributed by atoms with Gasteiger partial charge in [0, 0.05) is 25.7 Å². The van der Waals surface area contributed by atoms with E-state index < -0.39 is 0 Å². The van der Waals surface area contributed by atoms with Crippen molar-refractivity contribution in [2.24, 2.45) is 11.7 Å². The van der Waals surface area contributed by atoms with Crippen molar-refractivity contribution in [3.8, 4) is 0 Å². The predicted octanol–water partition coefficient (Wildman–Crippen LogP) is 4.26. The maximum Gasteiger partial charge on any atom is 0.231 e. The maximum atomic E-state index is 12.9. The Balaban J connectivity index is 0.00000182. The van der Waals surface area contributed by atoms with Crippen molar-refractivity contribution in [1.29, 1.82) is 0 Å². The Morgan fingerprint density at radius 3 is 2.19 bits per heavy atom. The molecule has 2 N–H and O–H groups in total. The molecule has 2 aromatic carbocycles. The molecule has 0 saturated carbocycles. The summed E-state index contributed by atoms with van der Waals surface area (Å²) in [4.78, 5) is 17.2. The molecule has 0 radical (unpaired) electrons. The monoisotopic (exact) mass is 409 g/mol. The molecular weight excluding hydrogens is 381 g/mol. The standard InChI is InChI=1S/C21H27N3O.2ClH/c1-16(17(2)22)21(25)24-14-8-13-23(15-18-9-4-3-5-10-18)19-11-6-7-12-20(19)24;;/h3-7,9-12,16-17H,8,13-15,22H2,1-2H3;2*1H. The van der Waals surface area contributed by atoms with Crippen LogP contribution in [0.3, 0.4) is 0 Å². The van der Waals surface area contributed by atoms with Crippen LogP contribution in [0, 0.1) is 5.92 Å². The number of carbonyl (C=O) groups is 1. The number of hydrogen-bond donors (Lipinski definition) is 1. The second-order valence-corrected chi connectivity index (χ2v) is 6.89. The molecule has 2 aromatic rings. The van der Waals surface area contributed by atoms with Crippen LogP contribution in [0.5, 0.6) is 0 Å². The molecule has 2 unspecified atom stereocenters. The van der Waals surface area contributed by atoms with E-state index in [0.29, 0.717) is 0 Å². The quantitative estimate of drug-likeness (QED) is 0.820. The van der Waals surface area contributed by atoms with Crippen LogP contribution in [0.25, 0.3) is 0 Å². The minimum absolute atomic E-state index is 0. The van der Waals surface area contributed by atoms with Gasteiger partial charge in [0.25, 0.3) is 0 Å². The molecule has 0 saturated heterocycles. The molecule has 1 heterocycles. The Labute approximate surface area is 174 Å². The normalized spacial score (nSPS) is 15.5. The summed E-state index contributed by atoms with van der Waals surface area (Å²) in [6.07, 6.45) is 0.943. The number of halogens is 2. The molecule has 0 aliphatic carbocycles. The Bertz CT molecular complexity index is 724. The van der Waals surface area contributed by atoms with Crippen LogP contribution in [0.1, 0.15) is 25.8 Å². The molecule has 2 atom stereocenters. The fraction of sp³-hybridized carbons (Fsp3) is 0.381. The van der Waals surface area contributed by atoms with Gasteiger partial charge in [-0.15, -0.1) is 24.8 Å². The molecule has 0 fully saturated rings. The molecule has 148 valence electrons. The first-order valence-corrected chi connectivity index (χ1v) is 9.03. The SMILES string of the molecule is CC(N)C(C)C(=O)N1CCCN(Cc2ccccc2)c2ccccc21.Cl.Cl. The van der Waals surface area contributed by atoms with E-state index in [2.05, 4.69) is 35.2 Å². The zero-order valence-electron chi connectivity index (χ0n) is 15.9. The number of rotatable bonds is 4. The van der Waals surface area contributed by atoms with Crippen LogP contribution in [0.2, 0.25) is 0 Å². The highest BCUT2D eigenvalue weighted by Crippen LogP contribution is 2.34. The molecule has 1 aliphatic heterocycles. The smallest absolute Gasteiger partial charge is 0.231 e. The number of para-hydroxylation sites is 2. The zero-order chi connectivity index (χ0) is 17.8. The fourth-order valence-electron chi connectivity index (χ4n) is 3.29. The van der Waals surface area contributed by atoms with E-state index in [0.717, 1.165) is 37.4 Å². The summed E-state index contributed by atoms with van der Waals surface area (Å²) in [5.41, 5.74) is 9.37. The van der Waals surface area contributed by atoms with Gasteiger partial charge < -0.3 is 15.5 Å². The van der Waals surface area contributed by atoms with Gasteiger partial charge in [-0.3, -0.25) is 4.79 Å². The number of anilines is 2. The summed E-state index contributed by atoms with van der Waals surface area (Å²) < 4.78 is 0. The summed E-state index contributed by atoms with van der Waals surface area (Å²) in [5.74, 6) is -0.0715. The Hall–Kier alpha value is -1.75. The largest absolute Gasteiger partial charge is 0.365 e. The van der Waals surface area contributed by atoms with Crippen molar-refractivity contribution >= 4 is 42.1 Å². The zero-order valence-corrected chi connectivity index (χ0v) is 17.5. The number of nitrogens with two attached hydrogens (primary N) is 1. The molecule has 0 spiro atoms. The first kappa shape index (κ1) is 23.3. The highest BCUT2D eigenvalue weighted by Gasteiger charge is 2.28. The average Bonchev–Trinajstić information content (AvgIpc) is 2.81. The molecule has 3 rings (SSSR count). The van der Waals surface area contributed by atoms with Crippen molar-refractivity contribution in [3.05, 3.63) is 60.2 Å². The first-order chi connectivity index (χ1) is 12.1. The highest BCUT2D eigenvalue weighted by molar-refractivity contribution is 5.98. The van der Waals surface area contributed by atoms with Crippen molar-refractivity contribution < 1.29 is 4.79 Å². The van der Waals surface area contributed by atoms with Crippen LogP contribution in [0.4, 0.5) is 11.4 Å². The van der Waals surface area contributed by atoms with Gasteiger partial charge in [0.2, 0.25) is 5.91 Å². The predicted molar refractivity (Wildman–Crippen MR) is 118 cm³/mol. The summed E-state index contributed by atoms with van der Waals surface area (Å²) in [6.45, 7) is 6.33. The van der Waals surface area contributed by atoms with Crippen molar-refractivity contribution in [1.82, 2.24) is 0 Å². The molecule has 1 aliphatic rings. The summed E-state index contributed by atoms with van der Waals surface area (Å²) >= 11 is 0. The maximum absolute atomic E-state index is 12.9. The van der Waals surface area contributed by atoms with Gasteiger partial charge in [0.15, 0.2) is 0 Å². The third kappa shape index (κ3) is 5.38. The summed E-state index contributed by atoms with van der Waals surface area (Å²) in [7, 11) is 0. The van der Waals surface area contributed by atoms with E-state index in [4.69, 9.17) is 5.73 Å². The molecule has 4 nitrogen and oxygen atoms in total. The number of nitrogens with zero attached hydrogens (tertiary/aromatic N) is 2. The topological polar surface area (TPSA) is 49.6 Å². The van der Waals surface area contributed by atoms with Crippen molar-refractivity contribution in [2.45, 2.75) is 32.9 Å². The van der Waals surface area contributed by atoms with E-state index in [1.165, 1.54) is 5.56 Å². The minimum atomic E-state index is -0.186. The van der Waals surface area contributed by atoms with Gasteiger partial charge in [-0.2, -0.15) is 0 Å². The molecule has 0 aromatic heterocycles. The van der Waals surface area contributed by atoms with Crippen LogP contribution in [-0.2, 0) is 11.3 Å². The minimum Gasteiger partial charge on any atom is -0.365 e. The lowest BCUT2D eigenvalue weighted by atomic mass is 10.0. The number of fused-ring (bicyclic) bond motifs is 1. The third-order valence-electron chi connectivity index (χ3n) is 4.98. The second-order valence-electron chi connectivity index (χ2n) is 6.89. The van der Waals surface area contributed by atoms with Gasteiger partial charge in [0.1, 0.15) is 0 Å². The van der Waals surface area contributed by atoms with E-state index in [1.54, 1.807) is 0 Å². The Kier molecular flexibility index (Phi) is 9.10. The van der Waals surface area contributed by atoms with Gasteiger partial charge >= 0.3 is 0 Å². The number of benzene rings is 2. The van der Waals surface area contributed by atoms with Gasteiger partial charge in [-0.1, -0.05) is 49.4 Å². The Morgan fingerprint density at radius 2 is 1.56 bits per heavy atom. The van der Waals surface area contributed by atoms with Crippen LogP contribution in [-0.4, -0.2) is 25.0 Å². The van der Waals surface area contributed by atoms with E-state index in [9.17, 15) is 4.79 Å². The lowest BCUT2D eigenvalue weighted by Gasteiger charge is -2.29. The second kappa shape index (κ2) is 10.5. The molecule has 1 amide bonds. The first-order valence-electron chi connectivity index (χ1n) is 9.03. The fourth-order valence-corrected chi connectivity index (χ4v) is 3.29. The van der Waals surface area contributed by atoms with E-state index in [-0.39, 0.29) is 42.7 Å².